The minimum absolute atomic E-state index is 0.0529. The zero-order valence-corrected chi connectivity index (χ0v) is 19.5. The SMILES string of the molecule is COc1ccc(CN2C(=O)c3ccc(Cl)cc3C23C=CN(C(=O)OC(C)(C)C)CC3)cc1. The van der Waals surface area contributed by atoms with E-state index < -0.39 is 17.2 Å². The van der Waals surface area contributed by atoms with Crippen LogP contribution in [0.3, 0.4) is 0 Å². The van der Waals surface area contributed by atoms with Gasteiger partial charge in [0.25, 0.3) is 5.91 Å². The Labute approximate surface area is 193 Å². The van der Waals surface area contributed by atoms with Crippen molar-refractivity contribution in [1.82, 2.24) is 9.80 Å². The number of carbonyl (C=O) groups excluding carboxylic acids is 2. The summed E-state index contributed by atoms with van der Waals surface area (Å²) in [6.45, 7) is 6.36. The zero-order chi connectivity index (χ0) is 23.1. The third-order valence-corrected chi connectivity index (χ3v) is 6.03. The van der Waals surface area contributed by atoms with Crippen LogP contribution in [0.1, 0.15) is 48.7 Å². The molecule has 7 heteroatoms. The molecule has 0 N–H and O–H groups in total. The first-order valence-corrected chi connectivity index (χ1v) is 10.9. The van der Waals surface area contributed by atoms with Gasteiger partial charge in [0.1, 0.15) is 11.4 Å². The summed E-state index contributed by atoms with van der Waals surface area (Å²) in [6.07, 6.45) is 3.78. The molecule has 2 amide bonds. The Morgan fingerprint density at radius 3 is 2.47 bits per heavy atom. The van der Waals surface area contributed by atoms with Crippen LogP contribution in [0.2, 0.25) is 5.02 Å². The van der Waals surface area contributed by atoms with Gasteiger partial charge in [0.15, 0.2) is 0 Å². The highest BCUT2D eigenvalue weighted by Crippen LogP contribution is 2.46. The van der Waals surface area contributed by atoms with Gasteiger partial charge in [-0.05, 0) is 74.7 Å². The molecule has 2 heterocycles. The first-order valence-electron chi connectivity index (χ1n) is 10.6. The van der Waals surface area contributed by atoms with E-state index in [0.29, 0.717) is 30.1 Å². The van der Waals surface area contributed by atoms with Gasteiger partial charge in [-0.2, -0.15) is 0 Å². The molecular weight excluding hydrogens is 428 g/mol. The van der Waals surface area contributed by atoms with Gasteiger partial charge in [-0.15, -0.1) is 0 Å². The van der Waals surface area contributed by atoms with Crippen LogP contribution in [0.25, 0.3) is 0 Å². The van der Waals surface area contributed by atoms with Crippen LogP contribution in [0.4, 0.5) is 4.79 Å². The second-order valence-electron chi connectivity index (χ2n) is 9.09. The lowest BCUT2D eigenvalue weighted by molar-refractivity contribution is 0.0268. The van der Waals surface area contributed by atoms with Crippen molar-refractivity contribution in [3.8, 4) is 5.75 Å². The molecule has 0 fully saturated rings. The number of amides is 2. The van der Waals surface area contributed by atoms with Crippen LogP contribution < -0.4 is 4.74 Å². The van der Waals surface area contributed by atoms with Crippen molar-refractivity contribution in [2.45, 2.75) is 44.9 Å². The van der Waals surface area contributed by atoms with Gasteiger partial charge in [-0.1, -0.05) is 23.7 Å². The first kappa shape index (κ1) is 22.2. The highest BCUT2D eigenvalue weighted by molar-refractivity contribution is 6.30. The molecule has 0 saturated heterocycles. The fourth-order valence-corrected chi connectivity index (χ4v) is 4.42. The number of ether oxygens (including phenoxy) is 2. The van der Waals surface area contributed by atoms with Crippen LogP contribution in [-0.2, 0) is 16.8 Å². The maximum atomic E-state index is 13.4. The summed E-state index contributed by atoms with van der Waals surface area (Å²) in [6, 6.07) is 13.0. The highest BCUT2D eigenvalue weighted by Gasteiger charge is 2.49. The average molecular weight is 455 g/mol. The van der Waals surface area contributed by atoms with Crippen molar-refractivity contribution in [1.29, 1.82) is 0 Å². The van der Waals surface area contributed by atoms with Crippen molar-refractivity contribution in [2.75, 3.05) is 13.7 Å². The molecule has 4 rings (SSSR count). The van der Waals surface area contributed by atoms with E-state index in [1.54, 1.807) is 30.3 Å². The highest BCUT2D eigenvalue weighted by atomic mass is 35.5. The van der Waals surface area contributed by atoms with E-state index in [9.17, 15) is 9.59 Å². The Bertz CT molecular complexity index is 1070. The Morgan fingerprint density at radius 1 is 1.16 bits per heavy atom. The summed E-state index contributed by atoms with van der Waals surface area (Å²) in [7, 11) is 1.62. The largest absolute Gasteiger partial charge is 0.497 e. The van der Waals surface area contributed by atoms with Gasteiger partial charge in [0.2, 0.25) is 0 Å². The van der Waals surface area contributed by atoms with E-state index in [1.165, 1.54) is 0 Å². The maximum Gasteiger partial charge on any atom is 0.414 e. The summed E-state index contributed by atoms with van der Waals surface area (Å²) in [5, 5.41) is 0.574. The molecule has 1 spiro atoms. The van der Waals surface area contributed by atoms with Crippen LogP contribution in [0.15, 0.2) is 54.7 Å². The fourth-order valence-electron chi connectivity index (χ4n) is 4.24. The number of rotatable bonds is 3. The minimum atomic E-state index is -0.685. The quantitative estimate of drug-likeness (QED) is 0.626. The Hall–Kier alpha value is -2.99. The van der Waals surface area contributed by atoms with Gasteiger partial charge < -0.3 is 14.4 Å². The molecule has 32 heavy (non-hydrogen) atoms. The minimum Gasteiger partial charge on any atom is -0.497 e. The van der Waals surface area contributed by atoms with Gasteiger partial charge in [-0.3, -0.25) is 9.69 Å². The summed E-state index contributed by atoms with van der Waals surface area (Å²) >= 11 is 6.31. The molecule has 0 aliphatic carbocycles. The number of methoxy groups -OCH3 is 1. The van der Waals surface area contributed by atoms with Crippen molar-refractivity contribution in [3.63, 3.8) is 0 Å². The Balaban J connectivity index is 1.69. The second-order valence-corrected chi connectivity index (χ2v) is 9.53. The van der Waals surface area contributed by atoms with Gasteiger partial charge in [0.05, 0.1) is 12.6 Å². The Kier molecular flexibility index (Phi) is 5.67. The van der Waals surface area contributed by atoms with E-state index in [2.05, 4.69) is 0 Å². The molecule has 0 radical (unpaired) electrons. The zero-order valence-electron chi connectivity index (χ0n) is 18.7. The van der Waals surface area contributed by atoms with Crippen LogP contribution in [0.5, 0.6) is 5.75 Å². The Morgan fingerprint density at radius 2 is 1.88 bits per heavy atom. The van der Waals surface area contributed by atoms with Crippen molar-refractivity contribution < 1.29 is 19.1 Å². The third-order valence-electron chi connectivity index (χ3n) is 5.80. The second kappa shape index (κ2) is 8.17. The molecule has 2 aliphatic rings. The predicted molar refractivity (Wildman–Crippen MR) is 123 cm³/mol. The molecule has 0 saturated carbocycles. The first-order chi connectivity index (χ1) is 15.1. The number of fused-ring (bicyclic) bond motifs is 2. The molecule has 2 aromatic rings. The molecular formula is C25H27ClN2O4. The van der Waals surface area contributed by atoms with Gasteiger partial charge >= 0.3 is 6.09 Å². The van der Waals surface area contributed by atoms with Crippen LogP contribution >= 0.6 is 11.6 Å². The number of benzene rings is 2. The summed E-state index contributed by atoms with van der Waals surface area (Å²) < 4.78 is 10.8. The molecule has 0 aromatic heterocycles. The predicted octanol–water partition coefficient (Wildman–Crippen LogP) is 5.35. The van der Waals surface area contributed by atoms with E-state index in [-0.39, 0.29) is 5.91 Å². The molecule has 168 valence electrons. The number of nitrogens with zero attached hydrogens (tertiary/aromatic N) is 2. The number of carbonyl (C=O) groups is 2. The lowest BCUT2D eigenvalue weighted by atomic mass is 9.84. The molecule has 2 aliphatic heterocycles. The molecule has 1 atom stereocenters. The number of halogens is 1. The topological polar surface area (TPSA) is 59.1 Å². The summed E-state index contributed by atoms with van der Waals surface area (Å²) in [5.74, 6) is 0.708. The smallest absolute Gasteiger partial charge is 0.414 e. The van der Waals surface area contributed by atoms with E-state index in [4.69, 9.17) is 21.1 Å². The monoisotopic (exact) mass is 454 g/mol. The molecule has 0 bridgehead atoms. The van der Waals surface area contributed by atoms with Crippen molar-refractivity contribution in [3.05, 3.63) is 76.5 Å². The lowest BCUT2D eigenvalue weighted by Crippen LogP contribution is -2.47. The van der Waals surface area contributed by atoms with Crippen LogP contribution in [-0.4, -0.2) is 41.1 Å². The fraction of sp³-hybridized carbons (Fsp3) is 0.360. The van der Waals surface area contributed by atoms with E-state index in [1.807, 2.05) is 62.1 Å². The normalized spacial score (nSPS) is 20.0. The molecule has 1 unspecified atom stereocenters. The lowest BCUT2D eigenvalue weighted by Gasteiger charge is -2.41. The standard InChI is InChI=1S/C25H27ClN2O4/c1-24(2,3)32-23(30)27-13-11-25(12-14-27)21-15-18(26)7-10-20(21)22(29)28(25)16-17-5-8-19(31-4)9-6-17/h5-11,13,15H,12,14,16H2,1-4H3. The number of hydrogen-bond donors (Lipinski definition) is 0. The van der Waals surface area contributed by atoms with Crippen molar-refractivity contribution >= 4 is 23.6 Å². The van der Waals surface area contributed by atoms with E-state index in [0.717, 1.165) is 16.9 Å². The summed E-state index contributed by atoms with van der Waals surface area (Å²) in [4.78, 5) is 29.4. The van der Waals surface area contributed by atoms with Crippen molar-refractivity contribution in [2.24, 2.45) is 0 Å². The third kappa shape index (κ3) is 4.07. The van der Waals surface area contributed by atoms with Gasteiger partial charge in [-0.25, -0.2) is 4.79 Å². The maximum absolute atomic E-state index is 13.4. The summed E-state index contributed by atoms with van der Waals surface area (Å²) in [5.41, 5.74) is 1.22. The number of hydrogen-bond acceptors (Lipinski definition) is 4. The average Bonchev–Trinajstić information content (AvgIpc) is 2.96. The molecule has 2 aromatic carbocycles. The van der Waals surface area contributed by atoms with Crippen LogP contribution in [0, 0.1) is 0 Å². The van der Waals surface area contributed by atoms with E-state index >= 15 is 0 Å². The molecule has 6 nitrogen and oxygen atoms in total. The van der Waals surface area contributed by atoms with Gasteiger partial charge in [0, 0.05) is 29.9 Å².